The lowest BCUT2D eigenvalue weighted by Gasteiger charge is -2.27. The Bertz CT molecular complexity index is 2230. The van der Waals surface area contributed by atoms with E-state index in [1.54, 1.807) is 0 Å². The number of hydrogen-bond acceptors (Lipinski definition) is 0. The summed E-state index contributed by atoms with van der Waals surface area (Å²) in [6.45, 7) is 7.04. The van der Waals surface area contributed by atoms with Gasteiger partial charge in [0.15, 0.2) is 0 Å². The third-order valence-corrected chi connectivity index (χ3v) is 8.66. The van der Waals surface area contributed by atoms with Gasteiger partial charge >= 0.3 is 0 Å². The van der Waals surface area contributed by atoms with Gasteiger partial charge in [-0.3, -0.25) is 0 Å². The van der Waals surface area contributed by atoms with Crippen LogP contribution in [0.3, 0.4) is 0 Å². The zero-order valence-electron chi connectivity index (χ0n) is 23.1. The SMILES string of the molecule is CC(C)(C)c1c2ccccc2c(-c2ccccc2)c2ccc(-c3cc4cccc5ccc6cccc3c6c54)cc12. The number of hydrogen-bond donors (Lipinski definition) is 0. The van der Waals surface area contributed by atoms with Crippen molar-refractivity contribution in [3.63, 3.8) is 0 Å². The maximum atomic E-state index is 2.47. The summed E-state index contributed by atoms with van der Waals surface area (Å²) >= 11 is 0. The highest BCUT2D eigenvalue weighted by molar-refractivity contribution is 6.26. The first-order valence-electron chi connectivity index (χ1n) is 14.2. The lowest BCUT2D eigenvalue weighted by Crippen LogP contribution is -2.13. The van der Waals surface area contributed by atoms with Crippen molar-refractivity contribution in [1.29, 1.82) is 0 Å². The van der Waals surface area contributed by atoms with E-state index in [4.69, 9.17) is 0 Å². The molecule has 8 rings (SSSR count). The minimum atomic E-state index is -0.0230. The second-order valence-corrected chi connectivity index (χ2v) is 12.1. The van der Waals surface area contributed by atoms with Gasteiger partial charge in [-0.1, -0.05) is 136 Å². The van der Waals surface area contributed by atoms with Crippen molar-refractivity contribution in [3.8, 4) is 22.3 Å². The van der Waals surface area contributed by atoms with E-state index in [1.165, 1.54) is 81.7 Å². The molecule has 0 heteroatoms. The van der Waals surface area contributed by atoms with Crippen LogP contribution in [0.15, 0.2) is 127 Å². The third kappa shape index (κ3) is 3.32. The van der Waals surface area contributed by atoms with Crippen molar-refractivity contribution in [2.45, 2.75) is 26.2 Å². The van der Waals surface area contributed by atoms with Gasteiger partial charge in [0, 0.05) is 0 Å². The van der Waals surface area contributed by atoms with Crippen molar-refractivity contribution < 1.29 is 0 Å². The monoisotopic (exact) mass is 510 g/mol. The Morgan fingerprint density at radius 3 is 1.80 bits per heavy atom. The van der Waals surface area contributed by atoms with Gasteiger partial charge in [0.1, 0.15) is 0 Å². The largest absolute Gasteiger partial charge is 0.0622 e. The zero-order chi connectivity index (χ0) is 27.0. The van der Waals surface area contributed by atoms with E-state index < -0.39 is 0 Å². The van der Waals surface area contributed by atoms with Gasteiger partial charge in [-0.25, -0.2) is 0 Å². The Labute approximate surface area is 234 Å². The smallest absolute Gasteiger partial charge is 0.00206 e. The Kier molecular flexibility index (Phi) is 4.88. The molecule has 0 aromatic heterocycles. The standard InChI is InChI=1S/C40H30/c1-40(2,3)39-33-17-8-7-16-30(33)37(25-11-5-4-6-12-25)32-22-21-28(23-35(32)39)34-24-29-15-9-13-26-19-20-27-14-10-18-31(34)38(27)36(26)29/h4-24H,1-3H3. The third-order valence-electron chi connectivity index (χ3n) is 8.66. The summed E-state index contributed by atoms with van der Waals surface area (Å²) in [7, 11) is 0. The van der Waals surface area contributed by atoms with E-state index in [0.29, 0.717) is 0 Å². The van der Waals surface area contributed by atoms with Gasteiger partial charge in [-0.15, -0.1) is 0 Å². The van der Waals surface area contributed by atoms with Gasteiger partial charge in [0.05, 0.1) is 0 Å². The normalized spacial score (nSPS) is 12.4. The van der Waals surface area contributed by atoms with Crippen molar-refractivity contribution in [2.75, 3.05) is 0 Å². The fraction of sp³-hybridized carbons (Fsp3) is 0.100. The lowest BCUT2D eigenvalue weighted by atomic mass is 9.77. The average molecular weight is 511 g/mol. The predicted octanol–water partition coefficient (Wildman–Crippen LogP) is 11.5. The van der Waals surface area contributed by atoms with E-state index >= 15 is 0 Å². The molecule has 0 aliphatic rings. The quantitative estimate of drug-likeness (QED) is 0.160. The topological polar surface area (TPSA) is 0 Å². The summed E-state index contributed by atoms with van der Waals surface area (Å²) in [5, 5.41) is 13.3. The van der Waals surface area contributed by atoms with E-state index in [1.807, 2.05) is 0 Å². The Morgan fingerprint density at radius 2 is 1.02 bits per heavy atom. The molecule has 0 radical (unpaired) electrons. The molecular formula is C40H30. The Morgan fingerprint density at radius 1 is 0.400 bits per heavy atom. The molecule has 0 heterocycles. The number of rotatable bonds is 2. The first-order valence-corrected chi connectivity index (χ1v) is 14.2. The highest BCUT2D eigenvalue weighted by atomic mass is 14.3. The van der Waals surface area contributed by atoms with Crippen LogP contribution in [0.1, 0.15) is 26.3 Å². The van der Waals surface area contributed by atoms with Crippen LogP contribution in [0.5, 0.6) is 0 Å². The molecule has 190 valence electrons. The van der Waals surface area contributed by atoms with Crippen molar-refractivity contribution in [2.24, 2.45) is 0 Å². The first-order chi connectivity index (χ1) is 19.5. The van der Waals surface area contributed by atoms with Crippen LogP contribution in [0.4, 0.5) is 0 Å². The van der Waals surface area contributed by atoms with Crippen LogP contribution in [0, 0.1) is 0 Å². The summed E-state index contributed by atoms with van der Waals surface area (Å²) < 4.78 is 0. The van der Waals surface area contributed by atoms with Crippen molar-refractivity contribution in [1.82, 2.24) is 0 Å². The van der Waals surface area contributed by atoms with Gasteiger partial charge < -0.3 is 0 Å². The fourth-order valence-corrected chi connectivity index (χ4v) is 7.07. The molecule has 0 aliphatic carbocycles. The summed E-state index contributed by atoms with van der Waals surface area (Å²) in [5.74, 6) is 0. The number of benzene rings is 8. The molecule has 0 fully saturated rings. The summed E-state index contributed by atoms with van der Waals surface area (Å²) in [6, 6.07) is 47.4. The highest BCUT2D eigenvalue weighted by Crippen LogP contribution is 2.46. The van der Waals surface area contributed by atoms with Crippen molar-refractivity contribution >= 4 is 53.9 Å². The van der Waals surface area contributed by atoms with Crippen LogP contribution in [0.25, 0.3) is 76.1 Å². The second-order valence-electron chi connectivity index (χ2n) is 12.1. The average Bonchev–Trinajstić information content (AvgIpc) is 2.98. The van der Waals surface area contributed by atoms with Crippen LogP contribution < -0.4 is 0 Å². The van der Waals surface area contributed by atoms with Gasteiger partial charge in [0.25, 0.3) is 0 Å². The zero-order valence-corrected chi connectivity index (χ0v) is 23.1. The Hall–Kier alpha value is -4.68. The molecule has 0 aliphatic heterocycles. The highest BCUT2D eigenvalue weighted by Gasteiger charge is 2.24. The van der Waals surface area contributed by atoms with E-state index in [0.717, 1.165) is 0 Å². The van der Waals surface area contributed by atoms with Gasteiger partial charge in [-0.05, 0) is 99.2 Å². The van der Waals surface area contributed by atoms with Crippen LogP contribution in [-0.4, -0.2) is 0 Å². The summed E-state index contributed by atoms with van der Waals surface area (Å²) in [4.78, 5) is 0. The lowest BCUT2D eigenvalue weighted by molar-refractivity contribution is 0.601. The molecule has 8 aromatic carbocycles. The molecular weight excluding hydrogens is 480 g/mol. The molecule has 0 N–H and O–H groups in total. The minimum absolute atomic E-state index is 0.0230. The predicted molar refractivity (Wildman–Crippen MR) is 175 cm³/mol. The van der Waals surface area contributed by atoms with Crippen LogP contribution >= 0.6 is 0 Å². The maximum Gasteiger partial charge on any atom is -0.00206 e. The van der Waals surface area contributed by atoms with Crippen LogP contribution in [0.2, 0.25) is 0 Å². The van der Waals surface area contributed by atoms with Gasteiger partial charge in [0.2, 0.25) is 0 Å². The van der Waals surface area contributed by atoms with E-state index in [9.17, 15) is 0 Å². The molecule has 0 amide bonds. The first kappa shape index (κ1) is 23.2. The summed E-state index contributed by atoms with van der Waals surface area (Å²) in [6.07, 6.45) is 0. The molecule has 8 aromatic rings. The van der Waals surface area contributed by atoms with Gasteiger partial charge in [-0.2, -0.15) is 0 Å². The second kappa shape index (κ2) is 8.41. The molecule has 0 nitrogen and oxygen atoms in total. The molecule has 0 saturated carbocycles. The minimum Gasteiger partial charge on any atom is -0.0622 e. The summed E-state index contributed by atoms with van der Waals surface area (Å²) in [5.41, 5.74) is 6.54. The molecule has 0 saturated heterocycles. The van der Waals surface area contributed by atoms with E-state index in [2.05, 4.69) is 148 Å². The fourth-order valence-electron chi connectivity index (χ4n) is 7.07. The number of fused-ring (bicyclic) bond motifs is 2. The maximum absolute atomic E-state index is 2.47. The molecule has 0 atom stereocenters. The van der Waals surface area contributed by atoms with Crippen molar-refractivity contribution in [3.05, 3.63) is 133 Å². The molecule has 0 spiro atoms. The van der Waals surface area contributed by atoms with Crippen LogP contribution in [-0.2, 0) is 5.41 Å². The molecule has 0 unspecified atom stereocenters. The molecule has 0 bridgehead atoms. The van der Waals surface area contributed by atoms with E-state index in [-0.39, 0.29) is 5.41 Å². The molecule has 40 heavy (non-hydrogen) atoms. The Balaban J connectivity index is 1.53.